The summed E-state index contributed by atoms with van der Waals surface area (Å²) in [5.41, 5.74) is 5.78. The van der Waals surface area contributed by atoms with Crippen molar-refractivity contribution in [2.45, 2.75) is 0 Å². The van der Waals surface area contributed by atoms with Gasteiger partial charge in [-0.15, -0.1) is 0 Å². The summed E-state index contributed by atoms with van der Waals surface area (Å²) in [4.78, 5) is 8.14. The third-order valence-corrected chi connectivity index (χ3v) is 4.90. The van der Waals surface area contributed by atoms with Gasteiger partial charge in [-0.3, -0.25) is 5.10 Å². The van der Waals surface area contributed by atoms with Crippen molar-refractivity contribution in [2.75, 3.05) is 14.2 Å². The number of nitrogens with one attached hydrogen (secondary N) is 2. The van der Waals surface area contributed by atoms with E-state index in [4.69, 9.17) is 14.5 Å². The molecule has 2 aromatic heterocycles. The largest absolute Gasteiger partial charge is 0.493 e. The van der Waals surface area contributed by atoms with Crippen LogP contribution in [0.4, 0.5) is 0 Å². The molecular weight excluding hydrogens is 352 g/mol. The topological polar surface area (TPSA) is 75.8 Å². The van der Waals surface area contributed by atoms with E-state index in [0.717, 1.165) is 44.6 Å². The second-order valence-electron chi connectivity index (χ2n) is 6.50. The first kappa shape index (κ1) is 16.4. The maximum atomic E-state index is 5.42. The molecule has 0 saturated heterocycles. The molecule has 0 saturated carbocycles. The highest BCUT2D eigenvalue weighted by atomic mass is 16.5. The molecule has 0 spiro atoms. The highest BCUT2D eigenvalue weighted by Gasteiger charge is 2.13. The number of methoxy groups -OCH3 is 2. The molecule has 0 aliphatic carbocycles. The van der Waals surface area contributed by atoms with Gasteiger partial charge in [0, 0.05) is 5.39 Å². The van der Waals surface area contributed by atoms with Crippen molar-refractivity contribution in [3.05, 3.63) is 60.7 Å². The fourth-order valence-corrected chi connectivity index (χ4v) is 3.46. The second kappa shape index (κ2) is 6.42. The molecular formula is C22H18N4O2. The van der Waals surface area contributed by atoms with E-state index in [1.54, 1.807) is 14.2 Å². The second-order valence-corrected chi connectivity index (χ2v) is 6.50. The lowest BCUT2D eigenvalue weighted by atomic mass is 10.0. The lowest BCUT2D eigenvalue weighted by Gasteiger charge is -2.09. The minimum atomic E-state index is 0.703. The fraction of sp³-hybridized carbons (Fsp3) is 0.0909. The maximum Gasteiger partial charge on any atom is 0.161 e. The van der Waals surface area contributed by atoms with Crippen LogP contribution < -0.4 is 9.47 Å². The van der Waals surface area contributed by atoms with Crippen LogP contribution in [0.5, 0.6) is 11.5 Å². The Balaban J connectivity index is 1.59. The van der Waals surface area contributed by atoms with Crippen molar-refractivity contribution in [1.29, 1.82) is 0 Å². The molecule has 0 bridgehead atoms. The Bertz CT molecular complexity index is 1300. The monoisotopic (exact) mass is 370 g/mol. The highest BCUT2D eigenvalue weighted by Crippen LogP contribution is 2.34. The van der Waals surface area contributed by atoms with Crippen molar-refractivity contribution >= 4 is 21.9 Å². The molecule has 0 aliphatic heterocycles. The number of para-hydroxylation sites is 1. The first-order valence-corrected chi connectivity index (χ1v) is 8.92. The Kier molecular flexibility index (Phi) is 3.76. The minimum absolute atomic E-state index is 0.703. The number of H-pyrrole nitrogens is 2. The molecule has 28 heavy (non-hydrogen) atoms. The van der Waals surface area contributed by atoms with Gasteiger partial charge in [-0.2, -0.15) is 5.10 Å². The van der Waals surface area contributed by atoms with Gasteiger partial charge in [0.05, 0.1) is 30.8 Å². The van der Waals surface area contributed by atoms with Crippen LogP contribution in [0.25, 0.3) is 44.6 Å². The summed E-state index contributed by atoms with van der Waals surface area (Å²) >= 11 is 0. The number of aromatic nitrogens is 4. The Morgan fingerprint density at radius 2 is 1.57 bits per heavy atom. The number of hydrogen-bond donors (Lipinski definition) is 2. The van der Waals surface area contributed by atoms with Crippen molar-refractivity contribution in [3.63, 3.8) is 0 Å². The number of nitrogens with zero attached hydrogens (tertiary/aromatic N) is 2. The third-order valence-electron chi connectivity index (χ3n) is 4.90. The van der Waals surface area contributed by atoms with Gasteiger partial charge in [-0.25, -0.2) is 4.98 Å². The molecule has 6 nitrogen and oxygen atoms in total. The van der Waals surface area contributed by atoms with Crippen LogP contribution >= 0.6 is 0 Å². The Morgan fingerprint density at radius 1 is 0.786 bits per heavy atom. The number of aromatic amines is 2. The summed E-state index contributed by atoms with van der Waals surface area (Å²) in [7, 11) is 3.27. The normalized spacial score (nSPS) is 11.2. The summed E-state index contributed by atoms with van der Waals surface area (Å²) < 4.78 is 10.8. The SMILES string of the molecule is COc1ccc(-c2ccc3nc(-c4[nH]nc5ccccc45)[nH]c3c2)cc1OC. The van der Waals surface area contributed by atoms with Crippen LogP contribution in [0.1, 0.15) is 0 Å². The molecule has 0 aliphatic rings. The van der Waals surface area contributed by atoms with E-state index in [9.17, 15) is 0 Å². The van der Waals surface area contributed by atoms with E-state index in [-0.39, 0.29) is 0 Å². The van der Waals surface area contributed by atoms with Crippen LogP contribution in [0, 0.1) is 0 Å². The average molecular weight is 370 g/mol. The first-order chi connectivity index (χ1) is 13.8. The van der Waals surface area contributed by atoms with Gasteiger partial charge >= 0.3 is 0 Å². The van der Waals surface area contributed by atoms with Gasteiger partial charge in [-0.1, -0.05) is 30.3 Å². The molecule has 2 N–H and O–H groups in total. The van der Waals surface area contributed by atoms with Crippen molar-refractivity contribution in [1.82, 2.24) is 20.2 Å². The standard InChI is InChI=1S/C22H18N4O2/c1-27-19-10-8-14(12-20(19)28-2)13-7-9-17-18(11-13)24-22(23-17)21-15-5-3-4-6-16(15)25-26-21/h3-12H,1-2H3,(H,23,24)(H,25,26). The van der Waals surface area contributed by atoms with Gasteiger partial charge in [0.2, 0.25) is 0 Å². The molecule has 2 heterocycles. The quantitative estimate of drug-likeness (QED) is 0.477. The zero-order chi connectivity index (χ0) is 19.1. The summed E-state index contributed by atoms with van der Waals surface area (Å²) in [6, 6.07) is 20.0. The van der Waals surface area contributed by atoms with Gasteiger partial charge in [0.1, 0.15) is 5.69 Å². The summed E-state index contributed by atoms with van der Waals surface area (Å²) in [5.74, 6) is 2.18. The average Bonchev–Trinajstić information content (AvgIpc) is 3.36. The zero-order valence-electron chi connectivity index (χ0n) is 15.5. The Labute approximate surface area is 161 Å². The molecule has 6 heteroatoms. The van der Waals surface area contributed by atoms with Crippen molar-refractivity contribution < 1.29 is 9.47 Å². The molecule has 0 atom stereocenters. The lowest BCUT2D eigenvalue weighted by molar-refractivity contribution is 0.355. The van der Waals surface area contributed by atoms with Crippen LogP contribution in [0.15, 0.2) is 60.7 Å². The number of imidazole rings is 1. The maximum absolute atomic E-state index is 5.42. The predicted octanol–water partition coefficient (Wildman–Crippen LogP) is 4.79. The zero-order valence-corrected chi connectivity index (χ0v) is 15.5. The molecule has 0 radical (unpaired) electrons. The molecule has 138 valence electrons. The predicted molar refractivity (Wildman–Crippen MR) is 110 cm³/mol. The van der Waals surface area contributed by atoms with Crippen molar-refractivity contribution in [2.24, 2.45) is 0 Å². The van der Waals surface area contributed by atoms with E-state index >= 15 is 0 Å². The Hall–Kier alpha value is -3.80. The van der Waals surface area contributed by atoms with E-state index < -0.39 is 0 Å². The minimum Gasteiger partial charge on any atom is -0.493 e. The lowest BCUT2D eigenvalue weighted by Crippen LogP contribution is -1.90. The number of fused-ring (bicyclic) bond motifs is 2. The number of hydrogen-bond acceptors (Lipinski definition) is 4. The Morgan fingerprint density at radius 3 is 2.43 bits per heavy atom. The van der Waals surface area contributed by atoms with Crippen LogP contribution in [-0.2, 0) is 0 Å². The van der Waals surface area contributed by atoms with Gasteiger partial charge in [0.15, 0.2) is 17.3 Å². The molecule has 0 unspecified atom stereocenters. The van der Waals surface area contributed by atoms with Gasteiger partial charge < -0.3 is 14.5 Å². The third kappa shape index (κ3) is 2.58. The summed E-state index contributed by atoms with van der Waals surface area (Å²) in [6.07, 6.45) is 0. The fourth-order valence-electron chi connectivity index (χ4n) is 3.46. The molecule has 3 aromatic carbocycles. The number of benzene rings is 3. The number of rotatable bonds is 4. The first-order valence-electron chi connectivity index (χ1n) is 8.92. The van der Waals surface area contributed by atoms with E-state index in [1.165, 1.54) is 0 Å². The van der Waals surface area contributed by atoms with Crippen LogP contribution in [0.2, 0.25) is 0 Å². The molecule has 0 amide bonds. The number of ether oxygens (including phenoxy) is 2. The summed E-state index contributed by atoms with van der Waals surface area (Å²) in [5, 5.41) is 8.49. The molecule has 5 rings (SSSR count). The van der Waals surface area contributed by atoms with E-state index in [1.807, 2.05) is 48.5 Å². The van der Waals surface area contributed by atoms with Crippen LogP contribution in [-0.4, -0.2) is 34.4 Å². The van der Waals surface area contributed by atoms with Gasteiger partial charge in [0.25, 0.3) is 0 Å². The van der Waals surface area contributed by atoms with Crippen LogP contribution in [0.3, 0.4) is 0 Å². The molecule has 5 aromatic rings. The smallest absolute Gasteiger partial charge is 0.161 e. The summed E-state index contributed by atoms with van der Waals surface area (Å²) in [6.45, 7) is 0. The highest BCUT2D eigenvalue weighted by molar-refractivity contribution is 5.93. The molecule has 0 fully saturated rings. The van der Waals surface area contributed by atoms with Gasteiger partial charge in [-0.05, 0) is 41.5 Å². The van der Waals surface area contributed by atoms with Crippen molar-refractivity contribution in [3.8, 4) is 34.1 Å². The van der Waals surface area contributed by atoms with E-state index in [2.05, 4.69) is 27.3 Å². The van der Waals surface area contributed by atoms with E-state index in [0.29, 0.717) is 11.5 Å².